The average molecular weight is 343 g/mol. The van der Waals surface area contributed by atoms with E-state index in [4.69, 9.17) is 27.9 Å². The Morgan fingerprint density at radius 3 is 2.76 bits per heavy atom. The summed E-state index contributed by atoms with van der Waals surface area (Å²) >= 11 is 13.1. The van der Waals surface area contributed by atoms with Gasteiger partial charge < -0.3 is 4.74 Å². The van der Waals surface area contributed by atoms with E-state index in [9.17, 15) is 4.39 Å². The van der Waals surface area contributed by atoms with Gasteiger partial charge >= 0.3 is 0 Å². The standard InChI is InChI=1S/C14H9Cl2FN2OS/c1-2-8-6-9-12(18-14(16)19-13(9)21-8)20-7-3-4-10(15)11(17)5-7/h3-6H,2H2,1H3. The van der Waals surface area contributed by atoms with E-state index in [-0.39, 0.29) is 10.3 Å². The predicted molar refractivity (Wildman–Crippen MR) is 83.3 cm³/mol. The zero-order chi connectivity index (χ0) is 15.0. The van der Waals surface area contributed by atoms with Gasteiger partial charge in [-0.25, -0.2) is 9.37 Å². The van der Waals surface area contributed by atoms with Crippen LogP contribution in [0.15, 0.2) is 24.3 Å². The summed E-state index contributed by atoms with van der Waals surface area (Å²) in [5.41, 5.74) is 0. The molecule has 0 atom stereocenters. The number of benzene rings is 1. The molecule has 21 heavy (non-hydrogen) atoms. The first-order valence-corrected chi connectivity index (χ1v) is 7.73. The molecule has 1 aromatic carbocycles. The first kappa shape index (κ1) is 14.5. The minimum atomic E-state index is -0.551. The first-order chi connectivity index (χ1) is 10.1. The maximum absolute atomic E-state index is 13.5. The minimum absolute atomic E-state index is 0.0389. The molecule has 0 aliphatic carbocycles. The number of aryl methyl sites for hydroxylation is 1. The fraction of sp³-hybridized carbons (Fsp3) is 0.143. The second-order valence-corrected chi connectivity index (χ2v) is 6.12. The van der Waals surface area contributed by atoms with Crippen molar-refractivity contribution < 1.29 is 9.13 Å². The highest BCUT2D eigenvalue weighted by Gasteiger charge is 2.13. The third-order valence-corrected chi connectivity index (χ3v) is 4.48. The van der Waals surface area contributed by atoms with E-state index in [1.165, 1.54) is 23.5 Å². The summed E-state index contributed by atoms with van der Waals surface area (Å²) in [6, 6.07) is 6.16. The highest BCUT2D eigenvalue weighted by Crippen LogP contribution is 2.34. The van der Waals surface area contributed by atoms with Crippen LogP contribution in [0.5, 0.6) is 11.6 Å². The quantitative estimate of drug-likeness (QED) is 0.590. The second-order valence-electron chi connectivity index (χ2n) is 4.26. The number of hydrogen-bond donors (Lipinski definition) is 0. The molecule has 0 aliphatic rings. The van der Waals surface area contributed by atoms with Crippen molar-refractivity contribution in [3.05, 3.63) is 45.3 Å². The van der Waals surface area contributed by atoms with Gasteiger partial charge in [0.05, 0.1) is 10.4 Å². The molecule has 108 valence electrons. The van der Waals surface area contributed by atoms with Crippen LogP contribution in [0.25, 0.3) is 10.2 Å². The Bertz CT molecular complexity index is 822. The van der Waals surface area contributed by atoms with Crippen molar-refractivity contribution in [1.29, 1.82) is 0 Å². The molecule has 0 bridgehead atoms. The maximum Gasteiger partial charge on any atom is 0.232 e. The Morgan fingerprint density at radius 1 is 1.24 bits per heavy atom. The number of hydrogen-bond acceptors (Lipinski definition) is 4. The Labute approximate surface area is 134 Å². The van der Waals surface area contributed by atoms with Crippen molar-refractivity contribution in [2.24, 2.45) is 0 Å². The number of nitrogens with zero attached hydrogens (tertiary/aromatic N) is 2. The van der Waals surface area contributed by atoms with Crippen LogP contribution in [-0.2, 0) is 6.42 Å². The SMILES string of the molecule is CCc1cc2c(Oc3ccc(Cl)c(F)c3)nc(Cl)nc2s1. The van der Waals surface area contributed by atoms with E-state index in [1.807, 2.05) is 6.07 Å². The van der Waals surface area contributed by atoms with Gasteiger partial charge in [-0.2, -0.15) is 4.98 Å². The topological polar surface area (TPSA) is 35.0 Å². The van der Waals surface area contributed by atoms with Gasteiger partial charge in [0.1, 0.15) is 16.4 Å². The fourth-order valence-electron chi connectivity index (χ4n) is 1.82. The molecule has 7 heteroatoms. The number of thiophene rings is 1. The lowest BCUT2D eigenvalue weighted by atomic mass is 10.3. The molecule has 0 radical (unpaired) electrons. The fourth-order valence-corrected chi connectivity index (χ4v) is 3.11. The van der Waals surface area contributed by atoms with Crippen LogP contribution in [0.3, 0.4) is 0 Å². The maximum atomic E-state index is 13.5. The minimum Gasteiger partial charge on any atom is -0.438 e. The van der Waals surface area contributed by atoms with Gasteiger partial charge in [0.2, 0.25) is 11.2 Å². The van der Waals surface area contributed by atoms with Crippen molar-refractivity contribution >= 4 is 44.8 Å². The number of fused-ring (bicyclic) bond motifs is 1. The van der Waals surface area contributed by atoms with Gasteiger partial charge in [-0.1, -0.05) is 18.5 Å². The van der Waals surface area contributed by atoms with Crippen molar-refractivity contribution in [2.75, 3.05) is 0 Å². The van der Waals surface area contributed by atoms with Crippen LogP contribution in [-0.4, -0.2) is 9.97 Å². The van der Waals surface area contributed by atoms with Crippen LogP contribution >= 0.6 is 34.5 Å². The highest BCUT2D eigenvalue weighted by molar-refractivity contribution is 7.18. The zero-order valence-corrected chi connectivity index (χ0v) is 13.2. The van der Waals surface area contributed by atoms with Crippen LogP contribution in [0.1, 0.15) is 11.8 Å². The largest absolute Gasteiger partial charge is 0.438 e. The molecule has 3 rings (SSSR count). The van der Waals surface area contributed by atoms with Crippen molar-refractivity contribution in [2.45, 2.75) is 13.3 Å². The van der Waals surface area contributed by atoms with Crippen LogP contribution in [0, 0.1) is 5.82 Å². The molecule has 0 spiro atoms. The molecular weight excluding hydrogens is 334 g/mol. The molecule has 0 fully saturated rings. The second kappa shape index (κ2) is 5.75. The van der Waals surface area contributed by atoms with E-state index >= 15 is 0 Å². The molecule has 0 saturated heterocycles. The lowest BCUT2D eigenvalue weighted by Gasteiger charge is -2.06. The summed E-state index contributed by atoms with van der Waals surface area (Å²) in [6.07, 6.45) is 0.883. The van der Waals surface area contributed by atoms with Gasteiger partial charge in [0, 0.05) is 10.9 Å². The summed E-state index contributed by atoms with van der Waals surface area (Å²) in [5.74, 6) is 0.0602. The van der Waals surface area contributed by atoms with Gasteiger partial charge in [-0.05, 0) is 36.2 Å². The Morgan fingerprint density at radius 2 is 2.05 bits per heavy atom. The molecule has 0 saturated carbocycles. The van der Waals surface area contributed by atoms with Gasteiger partial charge in [-0.15, -0.1) is 11.3 Å². The summed E-state index contributed by atoms with van der Waals surface area (Å²) < 4.78 is 19.1. The molecule has 3 nitrogen and oxygen atoms in total. The normalized spacial score (nSPS) is 11.0. The van der Waals surface area contributed by atoms with E-state index in [0.717, 1.165) is 21.5 Å². The summed E-state index contributed by atoms with van der Waals surface area (Å²) in [6.45, 7) is 2.05. The van der Waals surface area contributed by atoms with Crippen molar-refractivity contribution in [3.8, 4) is 11.6 Å². The monoisotopic (exact) mass is 342 g/mol. The molecule has 0 amide bonds. The number of halogens is 3. The zero-order valence-electron chi connectivity index (χ0n) is 10.9. The van der Waals surface area contributed by atoms with E-state index in [1.54, 1.807) is 6.07 Å². The molecule has 2 aromatic heterocycles. The highest BCUT2D eigenvalue weighted by atomic mass is 35.5. The first-order valence-electron chi connectivity index (χ1n) is 6.15. The van der Waals surface area contributed by atoms with Gasteiger partial charge in [0.15, 0.2) is 0 Å². The molecule has 2 heterocycles. The van der Waals surface area contributed by atoms with Crippen LogP contribution in [0.2, 0.25) is 10.3 Å². The lowest BCUT2D eigenvalue weighted by Crippen LogP contribution is -1.92. The predicted octanol–water partition coefficient (Wildman–Crippen LogP) is 5.49. The Balaban J connectivity index is 2.06. The molecule has 0 N–H and O–H groups in total. The van der Waals surface area contributed by atoms with E-state index in [2.05, 4.69) is 16.9 Å². The van der Waals surface area contributed by atoms with E-state index in [0.29, 0.717) is 11.6 Å². The number of rotatable bonds is 3. The van der Waals surface area contributed by atoms with Crippen LogP contribution < -0.4 is 4.74 Å². The third-order valence-electron chi connectivity index (χ3n) is 2.84. The number of ether oxygens (including phenoxy) is 1. The summed E-state index contributed by atoms with van der Waals surface area (Å²) in [4.78, 5) is 10.1. The molecular formula is C14H9Cl2FN2OS. The smallest absolute Gasteiger partial charge is 0.232 e. The van der Waals surface area contributed by atoms with Gasteiger partial charge in [-0.3, -0.25) is 0 Å². The molecule has 0 aliphatic heterocycles. The Kier molecular flexibility index (Phi) is 3.97. The van der Waals surface area contributed by atoms with E-state index < -0.39 is 5.82 Å². The molecule has 3 aromatic rings. The van der Waals surface area contributed by atoms with Crippen molar-refractivity contribution in [3.63, 3.8) is 0 Å². The van der Waals surface area contributed by atoms with Crippen molar-refractivity contribution in [1.82, 2.24) is 9.97 Å². The average Bonchev–Trinajstić information content (AvgIpc) is 2.86. The van der Waals surface area contributed by atoms with Crippen LogP contribution in [0.4, 0.5) is 4.39 Å². The summed E-state index contributed by atoms with van der Waals surface area (Å²) in [5, 5.41) is 0.894. The third kappa shape index (κ3) is 2.95. The Hall–Kier alpha value is -1.43. The number of aromatic nitrogens is 2. The summed E-state index contributed by atoms with van der Waals surface area (Å²) in [7, 11) is 0. The van der Waals surface area contributed by atoms with Gasteiger partial charge in [0.25, 0.3) is 0 Å². The molecule has 0 unspecified atom stereocenters. The lowest BCUT2D eigenvalue weighted by molar-refractivity contribution is 0.463.